The summed E-state index contributed by atoms with van der Waals surface area (Å²) in [6.45, 7) is 0.645. The highest BCUT2D eigenvalue weighted by molar-refractivity contribution is 7.09. The molecule has 1 aromatic heterocycles. The van der Waals surface area contributed by atoms with E-state index in [-0.39, 0.29) is 18.3 Å². The molecule has 3 aromatic rings. The number of hydrogen-bond acceptors (Lipinski definition) is 4. The number of ether oxygens (including phenoxy) is 1. The monoisotopic (exact) mass is 342 g/mol. The highest BCUT2D eigenvalue weighted by Gasteiger charge is 2.11. The SMILES string of the molecule is O=C(NCc1ccccc1)c1csc(COc2cccc(F)c2)n1. The second-order valence-corrected chi connectivity index (χ2v) is 5.98. The van der Waals surface area contributed by atoms with Crippen LogP contribution < -0.4 is 10.1 Å². The fourth-order valence-electron chi connectivity index (χ4n) is 2.05. The van der Waals surface area contributed by atoms with Crippen LogP contribution >= 0.6 is 11.3 Å². The maximum atomic E-state index is 13.1. The summed E-state index contributed by atoms with van der Waals surface area (Å²) < 4.78 is 18.6. The van der Waals surface area contributed by atoms with Gasteiger partial charge in [0.15, 0.2) is 0 Å². The number of thiazole rings is 1. The zero-order valence-corrected chi connectivity index (χ0v) is 13.6. The molecule has 0 radical (unpaired) electrons. The molecule has 6 heteroatoms. The third kappa shape index (κ3) is 4.39. The molecule has 2 aromatic carbocycles. The van der Waals surface area contributed by atoms with Gasteiger partial charge in [0.25, 0.3) is 5.91 Å². The highest BCUT2D eigenvalue weighted by atomic mass is 32.1. The minimum Gasteiger partial charge on any atom is -0.486 e. The molecule has 0 atom stereocenters. The molecule has 0 fully saturated rings. The molecule has 24 heavy (non-hydrogen) atoms. The lowest BCUT2D eigenvalue weighted by Crippen LogP contribution is -2.23. The molecule has 3 rings (SSSR count). The van der Waals surface area contributed by atoms with Crippen LogP contribution in [0.15, 0.2) is 60.0 Å². The molecular formula is C18H15FN2O2S. The van der Waals surface area contributed by atoms with Crippen LogP contribution in [0.25, 0.3) is 0 Å². The maximum Gasteiger partial charge on any atom is 0.271 e. The predicted molar refractivity (Wildman–Crippen MR) is 90.5 cm³/mol. The average Bonchev–Trinajstić information content (AvgIpc) is 3.08. The fourth-order valence-corrected chi connectivity index (χ4v) is 2.74. The van der Waals surface area contributed by atoms with Crippen molar-refractivity contribution < 1.29 is 13.9 Å². The smallest absolute Gasteiger partial charge is 0.271 e. The van der Waals surface area contributed by atoms with Gasteiger partial charge in [0.1, 0.15) is 28.9 Å². The first kappa shape index (κ1) is 16.1. The summed E-state index contributed by atoms with van der Waals surface area (Å²) in [4.78, 5) is 16.3. The Balaban J connectivity index is 1.53. The normalized spacial score (nSPS) is 10.4. The van der Waals surface area contributed by atoms with Crippen molar-refractivity contribution in [3.05, 3.63) is 82.1 Å². The number of carbonyl (C=O) groups is 1. The van der Waals surface area contributed by atoms with E-state index in [1.165, 1.54) is 23.5 Å². The Bertz CT molecular complexity index is 821. The fraction of sp³-hybridized carbons (Fsp3) is 0.111. The average molecular weight is 342 g/mol. The van der Waals surface area contributed by atoms with Crippen LogP contribution in [0.3, 0.4) is 0 Å². The lowest BCUT2D eigenvalue weighted by molar-refractivity contribution is 0.0946. The van der Waals surface area contributed by atoms with E-state index in [1.807, 2.05) is 30.3 Å². The number of halogens is 1. The molecule has 0 saturated heterocycles. The first-order valence-electron chi connectivity index (χ1n) is 7.35. The molecule has 0 unspecified atom stereocenters. The van der Waals surface area contributed by atoms with E-state index in [9.17, 15) is 9.18 Å². The van der Waals surface area contributed by atoms with Crippen molar-refractivity contribution >= 4 is 17.2 Å². The van der Waals surface area contributed by atoms with Crippen LogP contribution in [0.1, 0.15) is 21.1 Å². The standard InChI is InChI=1S/C18H15FN2O2S/c19-14-7-4-8-15(9-14)23-11-17-21-16(12-24-17)18(22)20-10-13-5-2-1-3-6-13/h1-9,12H,10-11H2,(H,20,22). The van der Waals surface area contributed by atoms with Gasteiger partial charge in [-0.1, -0.05) is 36.4 Å². The third-order valence-electron chi connectivity index (χ3n) is 3.24. The second-order valence-electron chi connectivity index (χ2n) is 5.04. The van der Waals surface area contributed by atoms with Crippen LogP contribution in [0, 0.1) is 5.82 Å². The van der Waals surface area contributed by atoms with Crippen molar-refractivity contribution in [1.82, 2.24) is 10.3 Å². The Morgan fingerprint density at radius 2 is 2.00 bits per heavy atom. The summed E-state index contributed by atoms with van der Waals surface area (Å²) in [7, 11) is 0. The number of hydrogen-bond donors (Lipinski definition) is 1. The lowest BCUT2D eigenvalue weighted by Gasteiger charge is -2.04. The van der Waals surface area contributed by atoms with E-state index in [4.69, 9.17) is 4.74 Å². The Kier molecular flexibility index (Phi) is 5.18. The third-order valence-corrected chi connectivity index (χ3v) is 4.06. The summed E-state index contributed by atoms with van der Waals surface area (Å²) in [5, 5.41) is 5.17. The molecule has 1 amide bonds. The second kappa shape index (κ2) is 7.70. The van der Waals surface area contributed by atoms with E-state index in [2.05, 4.69) is 10.3 Å². The molecular weight excluding hydrogens is 327 g/mol. The first-order valence-corrected chi connectivity index (χ1v) is 8.23. The molecule has 0 aliphatic carbocycles. The van der Waals surface area contributed by atoms with Gasteiger partial charge in [0.2, 0.25) is 0 Å². The molecule has 122 valence electrons. The summed E-state index contributed by atoms with van der Waals surface area (Å²) >= 11 is 1.33. The van der Waals surface area contributed by atoms with Gasteiger partial charge < -0.3 is 10.1 Å². The van der Waals surface area contributed by atoms with E-state index in [0.29, 0.717) is 23.0 Å². The van der Waals surface area contributed by atoms with E-state index in [1.54, 1.807) is 17.5 Å². The van der Waals surface area contributed by atoms with Crippen LogP contribution in [0.4, 0.5) is 4.39 Å². The minimum atomic E-state index is -0.354. The Morgan fingerprint density at radius 1 is 1.17 bits per heavy atom. The molecule has 0 bridgehead atoms. The topological polar surface area (TPSA) is 51.2 Å². The van der Waals surface area contributed by atoms with Gasteiger partial charge >= 0.3 is 0 Å². The molecule has 0 spiro atoms. The van der Waals surface area contributed by atoms with Crippen LogP contribution in [-0.4, -0.2) is 10.9 Å². The number of benzene rings is 2. The largest absolute Gasteiger partial charge is 0.486 e. The Hall–Kier alpha value is -2.73. The predicted octanol–water partition coefficient (Wildman–Crippen LogP) is 3.79. The zero-order chi connectivity index (χ0) is 16.8. The number of amides is 1. The summed E-state index contributed by atoms with van der Waals surface area (Å²) in [5.74, 6) is -0.153. The zero-order valence-electron chi connectivity index (χ0n) is 12.7. The number of carbonyl (C=O) groups excluding carboxylic acids is 1. The van der Waals surface area contributed by atoms with E-state index in [0.717, 1.165) is 5.56 Å². The van der Waals surface area contributed by atoms with Gasteiger partial charge in [-0.25, -0.2) is 9.37 Å². The molecule has 4 nitrogen and oxygen atoms in total. The summed E-state index contributed by atoms with van der Waals surface area (Å²) in [6.07, 6.45) is 0. The van der Waals surface area contributed by atoms with Crippen molar-refractivity contribution in [1.29, 1.82) is 0 Å². The van der Waals surface area contributed by atoms with E-state index >= 15 is 0 Å². The number of rotatable bonds is 6. The minimum absolute atomic E-state index is 0.195. The Morgan fingerprint density at radius 3 is 2.79 bits per heavy atom. The van der Waals surface area contributed by atoms with Crippen molar-refractivity contribution in [2.24, 2.45) is 0 Å². The van der Waals surface area contributed by atoms with Gasteiger partial charge in [-0.05, 0) is 17.7 Å². The quantitative estimate of drug-likeness (QED) is 0.741. The molecule has 0 aliphatic heterocycles. The van der Waals surface area contributed by atoms with E-state index < -0.39 is 0 Å². The van der Waals surface area contributed by atoms with Gasteiger partial charge in [0.05, 0.1) is 0 Å². The van der Waals surface area contributed by atoms with Crippen molar-refractivity contribution in [3.63, 3.8) is 0 Å². The van der Waals surface area contributed by atoms with Gasteiger partial charge in [-0.2, -0.15) is 0 Å². The summed E-state index contributed by atoms with van der Waals surface area (Å²) in [6, 6.07) is 15.6. The number of nitrogens with one attached hydrogen (secondary N) is 1. The maximum absolute atomic E-state index is 13.1. The number of nitrogens with zero attached hydrogens (tertiary/aromatic N) is 1. The van der Waals surface area contributed by atoms with Crippen LogP contribution in [0.2, 0.25) is 0 Å². The molecule has 0 saturated carbocycles. The van der Waals surface area contributed by atoms with Crippen molar-refractivity contribution in [2.75, 3.05) is 0 Å². The summed E-state index contributed by atoms with van der Waals surface area (Å²) in [5.41, 5.74) is 1.38. The molecule has 1 heterocycles. The first-order chi connectivity index (χ1) is 11.7. The highest BCUT2D eigenvalue weighted by Crippen LogP contribution is 2.16. The number of aromatic nitrogens is 1. The van der Waals surface area contributed by atoms with Crippen LogP contribution in [-0.2, 0) is 13.2 Å². The Labute approximate surface area is 142 Å². The van der Waals surface area contributed by atoms with Crippen molar-refractivity contribution in [2.45, 2.75) is 13.2 Å². The van der Waals surface area contributed by atoms with Gasteiger partial charge in [-0.3, -0.25) is 4.79 Å². The van der Waals surface area contributed by atoms with Gasteiger partial charge in [0, 0.05) is 18.0 Å². The van der Waals surface area contributed by atoms with Crippen LogP contribution in [0.5, 0.6) is 5.75 Å². The molecule has 0 aliphatic rings. The molecule has 1 N–H and O–H groups in total. The van der Waals surface area contributed by atoms with Gasteiger partial charge in [-0.15, -0.1) is 11.3 Å². The lowest BCUT2D eigenvalue weighted by atomic mass is 10.2. The van der Waals surface area contributed by atoms with Crippen molar-refractivity contribution in [3.8, 4) is 5.75 Å².